The predicted molar refractivity (Wildman–Crippen MR) is 55.0 cm³/mol. The van der Waals surface area contributed by atoms with Crippen LogP contribution in [0, 0.1) is 12.3 Å². The Balaban J connectivity index is 2.98. The molecule has 0 radical (unpaired) electrons. The zero-order valence-electron chi connectivity index (χ0n) is 7.97. The van der Waals surface area contributed by atoms with Crippen LogP contribution in [0.15, 0.2) is 12.2 Å². The number of unbranched alkanes of at least 4 members (excludes halogenated alkanes) is 1. The number of allylic oxidation sites excluding steroid dienone is 1. The van der Waals surface area contributed by atoms with Crippen molar-refractivity contribution < 1.29 is 0 Å². The molecular formula is C11H19N. The Morgan fingerprint density at radius 3 is 2.67 bits per heavy atom. The van der Waals surface area contributed by atoms with Crippen molar-refractivity contribution in [1.82, 2.24) is 5.32 Å². The van der Waals surface area contributed by atoms with Crippen molar-refractivity contribution in [1.29, 1.82) is 0 Å². The van der Waals surface area contributed by atoms with Gasteiger partial charge in [0.05, 0.1) is 0 Å². The third-order valence-corrected chi connectivity index (χ3v) is 1.54. The van der Waals surface area contributed by atoms with Crippen molar-refractivity contribution in [2.45, 2.75) is 32.6 Å². The summed E-state index contributed by atoms with van der Waals surface area (Å²) < 4.78 is 0. The molecule has 0 aromatic carbocycles. The van der Waals surface area contributed by atoms with E-state index in [1.807, 2.05) is 0 Å². The molecule has 1 heteroatoms. The van der Waals surface area contributed by atoms with E-state index in [1.54, 1.807) is 0 Å². The third-order valence-electron chi connectivity index (χ3n) is 1.54. The van der Waals surface area contributed by atoms with Crippen LogP contribution in [0.1, 0.15) is 32.6 Å². The summed E-state index contributed by atoms with van der Waals surface area (Å²) in [6, 6.07) is 0. The number of nitrogens with one attached hydrogen (secondary N) is 1. The molecule has 0 spiro atoms. The fraction of sp³-hybridized carbons (Fsp3) is 0.636. The summed E-state index contributed by atoms with van der Waals surface area (Å²) in [6.07, 6.45) is 13.7. The van der Waals surface area contributed by atoms with Crippen LogP contribution < -0.4 is 5.32 Å². The molecule has 0 saturated heterocycles. The molecule has 0 aromatic heterocycles. The zero-order valence-corrected chi connectivity index (χ0v) is 7.97. The van der Waals surface area contributed by atoms with Gasteiger partial charge in [0.15, 0.2) is 0 Å². The maximum atomic E-state index is 5.11. The highest BCUT2D eigenvalue weighted by molar-refractivity contribution is 4.90. The average molecular weight is 165 g/mol. The van der Waals surface area contributed by atoms with Gasteiger partial charge in [0.1, 0.15) is 0 Å². The molecule has 0 atom stereocenters. The first-order valence-electron chi connectivity index (χ1n) is 4.71. The molecule has 68 valence electrons. The van der Waals surface area contributed by atoms with Crippen LogP contribution in [0.5, 0.6) is 0 Å². The number of hydrogen-bond acceptors (Lipinski definition) is 1. The van der Waals surface area contributed by atoms with E-state index in [0.29, 0.717) is 0 Å². The molecule has 0 aliphatic rings. The summed E-state index contributed by atoms with van der Waals surface area (Å²) in [5.74, 6) is 2.61. The summed E-state index contributed by atoms with van der Waals surface area (Å²) in [7, 11) is 0. The molecule has 0 aliphatic heterocycles. The first-order valence-corrected chi connectivity index (χ1v) is 4.71. The van der Waals surface area contributed by atoms with Gasteiger partial charge in [-0.3, -0.25) is 0 Å². The lowest BCUT2D eigenvalue weighted by Gasteiger charge is -1.97. The molecule has 0 unspecified atom stereocenters. The van der Waals surface area contributed by atoms with Gasteiger partial charge in [-0.15, -0.1) is 12.3 Å². The summed E-state index contributed by atoms with van der Waals surface area (Å²) in [5, 5.41) is 3.33. The van der Waals surface area contributed by atoms with E-state index in [-0.39, 0.29) is 0 Å². The molecule has 0 aliphatic carbocycles. The normalized spacial score (nSPS) is 10.3. The Kier molecular flexibility index (Phi) is 9.63. The second-order valence-electron chi connectivity index (χ2n) is 2.75. The predicted octanol–water partition coefficient (Wildman–Crippen LogP) is 2.35. The molecule has 0 amide bonds. The van der Waals surface area contributed by atoms with Crippen LogP contribution in [-0.2, 0) is 0 Å². The van der Waals surface area contributed by atoms with Crippen LogP contribution in [0.25, 0.3) is 0 Å². The second kappa shape index (κ2) is 10.3. The van der Waals surface area contributed by atoms with Crippen molar-refractivity contribution >= 4 is 0 Å². The Bertz CT molecular complexity index is 142. The maximum Gasteiger partial charge on any atom is 0.0121 e. The Morgan fingerprint density at radius 1 is 1.25 bits per heavy atom. The molecule has 0 bridgehead atoms. The highest BCUT2D eigenvalue weighted by Crippen LogP contribution is 1.90. The molecule has 0 rings (SSSR count). The lowest BCUT2D eigenvalue weighted by molar-refractivity contribution is 0.677. The number of rotatable bonds is 7. The Labute approximate surface area is 76.2 Å². The van der Waals surface area contributed by atoms with E-state index in [1.165, 1.54) is 6.42 Å². The molecule has 12 heavy (non-hydrogen) atoms. The van der Waals surface area contributed by atoms with Gasteiger partial charge in [0, 0.05) is 6.42 Å². The SMILES string of the molecule is C#CCCC=CCCNCCC. The Hall–Kier alpha value is -0.740. The van der Waals surface area contributed by atoms with Crippen molar-refractivity contribution in [3.63, 3.8) is 0 Å². The van der Waals surface area contributed by atoms with E-state index < -0.39 is 0 Å². The highest BCUT2D eigenvalue weighted by atomic mass is 14.8. The van der Waals surface area contributed by atoms with Crippen molar-refractivity contribution in [3.05, 3.63) is 12.2 Å². The van der Waals surface area contributed by atoms with Crippen molar-refractivity contribution in [3.8, 4) is 12.3 Å². The van der Waals surface area contributed by atoms with Gasteiger partial charge in [0.2, 0.25) is 0 Å². The molecule has 1 nitrogen and oxygen atoms in total. The van der Waals surface area contributed by atoms with Crippen LogP contribution >= 0.6 is 0 Å². The minimum absolute atomic E-state index is 0.860. The van der Waals surface area contributed by atoms with Gasteiger partial charge in [0.25, 0.3) is 0 Å². The zero-order chi connectivity index (χ0) is 9.07. The summed E-state index contributed by atoms with van der Waals surface area (Å²) in [6.45, 7) is 4.38. The number of terminal acetylenes is 1. The third kappa shape index (κ3) is 9.26. The standard InChI is InChI=1S/C11H19N/c1-3-5-6-7-8-9-11-12-10-4-2/h1,7-8,12H,4-6,9-11H2,2H3. The summed E-state index contributed by atoms with van der Waals surface area (Å²) >= 11 is 0. The van der Waals surface area contributed by atoms with Crippen LogP contribution in [-0.4, -0.2) is 13.1 Å². The molecule has 0 saturated carbocycles. The van der Waals surface area contributed by atoms with E-state index >= 15 is 0 Å². The first-order chi connectivity index (χ1) is 5.91. The highest BCUT2D eigenvalue weighted by Gasteiger charge is 1.81. The average Bonchev–Trinajstić information content (AvgIpc) is 2.10. The monoisotopic (exact) mass is 165 g/mol. The van der Waals surface area contributed by atoms with Gasteiger partial charge < -0.3 is 5.32 Å². The number of hydrogen-bond donors (Lipinski definition) is 1. The molecular weight excluding hydrogens is 146 g/mol. The smallest absolute Gasteiger partial charge is 0.0121 e. The summed E-state index contributed by atoms with van der Waals surface area (Å²) in [4.78, 5) is 0. The lowest BCUT2D eigenvalue weighted by Crippen LogP contribution is -2.14. The van der Waals surface area contributed by atoms with Crippen molar-refractivity contribution in [2.75, 3.05) is 13.1 Å². The Morgan fingerprint density at radius 2 is 2.00 bits per heavy atom. The van der Waals surface area contributed by atoms with Gasteiger partial charge in [-0.05, 0) is 32.4 Å². The minimum Gasteiger partial charge on any atom is -0.316 e. The van der Waals surface area contributed by atoms with Gasteiger partial charge >= 0.3 is 0 Å². The second-order valence-corrected chi connectivity index (χ2v) is 2.75. The van der Waals surface area contributed by atoms with Crippen LogP contribution in [0.3, 0.4) is 0 Å². The molecule has 0 aromatic rings. The quantitative estimate of drug-likeness (QED) is 0.347. The van der Waals surface area contributed by atoms with E-state index in [0.717, 1.165) is 32.4 Å². The minimum atomic E-state index is 0.860. The van der Waals surface area contributed by atoms with E-state index in [9.17, 15) is 0 Å². The van der Waals surface area contributed by atoms with Crippen LogP contribution in [0.2, 0.25) is 0 Å². The van der Waals surface area contributed by atoms with Gasteiger partial charge in [-0.2, -0.15) is 0 Å². The van der Waals surface area contributed by atoms with Crippen molar-refractivity contribution in [2.24, 2.45) is 0 Å². The fourth-order valence-electron chi connectivity index (χ4n) is 0.890. The lowest BCUT2D eigenvalue weighted by atomic mass is 10.2. The van der Waals surface area contributed by atoms with E-state index in [4.69, 9.17) is 6.42 Å². The maximum absolute atomic E-state index is 5.11. The first kappa shape index (κ1) is 11.3. The van der Waals surface area contributed by atoms with E-state index in [2.05, 4.69) is 30.3 Å². The van der Waals surface area contributed by atoms with Gasteiger partial charge in [-0.1, -0.05) is 19.1 Å². The topological polar surface area (TPSA) is 12.0 Å². The fourth-order valence-corrected chi connectivity index (χ4v) is 0.890. The largest absolute Gasteiger partial charge is 0.316 e. The molecule has 1 N–H and O–H groups in total. The van der Waals surface area contributed by atoms with Gasteiger partial charge in [-0.25, -0.2) is 0 Å². The van der Waals surface area contributed by atoms with Crippen LogP contribution in [0.4, 0.5) is 0 Å². The molecule has 0 heterocycles. The summed E-state index contributed by atoms with van der Waals surface area (Å²) in [5.41, 5.74) is 0. The molecule has 0 fully saturated rings.